The summed E-state index contributed by atoms with van der Waals surface area (Å²) in [7, 11) is 1.69. The second-order valence-corrected chi connectivity index (χ2v) is 3.38. The first kappa shape index (κ1) is 9.78. The molecule has 3 heteroatoms. The first-order chi connectivity index (χ1) is 4.33. The number of hydrogen-bond donors (Lipinski definition) is 0. The van der Waals surface area contributed by atoms with E-state index in [9.17, 15) is 0 Å². The van der Waals surface area contributed by atoms with E-state index in [1.165, 1.54) is 26.1 Å². The van der Waals surface area contributed by atoms with Crippen LogP contribution >= 0.6 is 0 Å². The van der Waals surface area contributed by atoms with Gasteiger partial charge in [0, 0.05) is 0 Å². The molecule has 53 valence electrons. The van der Waals surface area contributed by atoms with Crippen LogP contribution in [0.25, 0.3) is 0 Å². The molecule has 1 rings (SSSR count). The van der Waals surface area contributed by atoms with Crippen LogP contribution in [0.3, 0.4) is 0 Å². The minimum absolute atomic E-state index is 0. The molecule has 0 unspecified atom stereocenters. The standard InChI is InChI=1S/C7H7O.H2O.Sn/c1-8-7-5-3-2-4-6-7;;/h2-3,5-6H,1H3;1H2;. The third kappa shape index (κ3) is 2.58. The van der Waals surface area contributed by atoms with Gasteiger partial charge in [0.05, 0.1) is 0 Å². The number of benzene rings is 1. The fourth-order valence-electron chi connectivity index (χ4n) is 0.623. The predicted molar refractivity (Wildman–Crippen MR) is 42.0 cm³/mol. The summed E-state index contributed by atoms with van der Waals surface area (Å²) >= 11 is 1.43. The molecule has 0 aromatic heterocycles. The molecule has 3 radical (unpaired) electrons. The van der Waals surface area contributed by atoms with E-state index in [1.54, 1.807) is 7.11 Å². The second-order valence-electron chi connectivity index (χ2n) is 1.73. The summed E-state index contributed by atoms with van der Waals surface area (Å²) in [4.78, 5) is 0. The first-order valence-electron chi connectivity index (χ1n) is 2.68. The summed E-state index contributed by atoms with van der Waals surface area (Å²) in [5, 5.41) is 0. The zero-order chi connectivity index (χ0) is 6.69. The van der Waals surface area contributed by atoms with Crippen molar-refractivity contribution in [1.29, 1.82) is 0 Å². The normalized spacial score (nSPS) is 8.20. The maximum atomic E-state index is 5.01. The second kappa shape index (κ2) is 4.57. The smallest absolute Gasteiger partial charge is 0.412 e. The molecule has 2 nitrogen and oxygen atoms in total. The van der Waals surface area contributed by atoms with Crippen molar-refractivity contribution in [2.75, 3.05) is 7.11 Å². The molecule has 0 aliphatic heterocycles. The number of methoxy groups -OCH3 is 1. The Hall–Kier alpha value is -0.221. The van der Waals surface area contributed by atoms with Gasteiger partial charge in [-0.3, -0.25) is 0 Å². The van der Waals surface area contributed by atoms with E-state index in [4.69, 9.17) is 4.74 Å². The summed E-state index contributed by atoms with van der Waals surface area (Å²) in [5.41, 5.74) is 0. The summed E-state index contributed by atoms with van der Waals surface area (Å²) in [6, 6.07) is 8.08. The summed E-state index contributed by atoms with van der Waals surface area (Å²) in [6.45, 7) is 0. The van der Waals surface area contributed by atoms with Gasteiger partial charge in [-0.1, -0.05) is 0 Å². The molecular weight excluding hydrogens is 235 g/mol. The van der Waals surface area contributed by atoms with E-state index in [-0.39, 0.29) is 5.48 Å². The molecule has 10 heavy (non-hydrogen) atoms. The van der Waals surface area contributed by atoms with E-state index in [1.807, 2.05) is 18.2 Å². The van der Waals surface area contributed by atoms with Gasteiger partial charge in [0.2, 0.25) is 0 Å². The molecule has 0 aliphatic rings. The van der Waals surface area contributed by atoms with Crippen molar-refractivity contribution in [3.8, 4) is 5.75 Å². The first-order valence-corrected chi connectivity index (χ1v) is 4.11. The van der Waals surface area contributed by atoms with Crippen LogP contribution in [-0.4, -0.2) is 35.1 Å². The Morgan fingerprint density at radius 2 is 2.10 bits per heavy atom. The maximum Gasteiger partial charge on any atom is -0.412 e. The van der Waals surface area contributed by atoms with E-state index >= 15 is 0 Å². The monoisotopic (exact) mass is 245 g/mol. The third-order valence-electron chi connectivity index (χ3n) is 1.07. The van der Waals surface area contributed by atoms with Gasteiger partial charge < -0.3 is 5.48 Å². The van der Waals surface area contributed by atoms with Crippen LogP contribution in [0.5, 0.6) is 5.75 Å². The molecule has 0 atom stereocenters. The van der Waals surface area contributed by atoms with Crippen LogP contribution in [0.15, 0.2) is 24.3 Å². The van der Waals surface area contributed by atoms with E-state index in [0.717, 1.165) is 5.75 Å². The molecule has 0 spiro atoms. The van der Waals surface area contributed by atoms with Crippen LogP contribution in [0, 0.1) is 0 Å². The van der Waals surface area contributed by atoms with Gasteiger partial charge in [-0.05, 0) is 0 Å². The molecule has 0 heterocycles. The van der Waals surface area contributed by atoms with Gasteiger partial charge in [0.25, 0.3) is 0 Å². The van der Waals surface area contributed by atoms with Crippen LogP contribution in [0.1, 0.15) is 0 Å². The minimum atomic E-state index is 0. The molecule has 0 fully saturated rings. The van der Waals surface area contributed by atoms with Crippen LogP contribution < -0.4 is 8.32 Å². The summed E-state index contributed by atoms with van der Waals surface area (Å²) < 4.78 is 6.33. The average Bonchev–Trinajstić information content (AvgIpc) is 1.88. The van der Waals surface area contributed by atoms with Gasteiger partial charge >= 0.3 is 68.0 Å². The van der Waals surface area contributed by atoms with Crippen LogP contribution in [0.4, 0.5) is 0 Å². The van der Waals surface area contributed by atoms with Gasteiger partial charge in [-0.15, -0.1) is 0 Å². The molecule has 1 aromatic carbocycles. The minimum Gasteiger partial charge on any atom is -0.412 e. The molecule has 0 aliphatic carbocycles. The molecular formula is C7H9O2Sn. The van der Waals surface area contributed by atoms with Gasteiger partial charge in [0.1, 0.15) is 0 Å². The Morgan fingerprint density at radius 1 is 1.40 bits per heavy atom. The van der Waals surface area contributed by atoms with Crippen molar-refractivity contribution in [2.24, 2.45) is 0 Å². The summed E-state index contributed by atoms with van der Waals surface area (Å²) in [5.74, 6) is 0.948. The van der Waals surface area contributed by atoms with Crippen LogP contribution in [0.2, 0.25) is 0 Å². The van der Waals surface area contributed by atoms with Gasteiger partial charge in [-0.2, -0.15) is 0 Å². The van der Waals surface area contributed by atoms with Crippen molar-refractivity contribution >= 4 is 26.1 Å². The Labute approximate surface area is 73.6 Å². The fourth-order valence-corrected chi connectivity index (χ4v) is 1.30. The van der Waals surface area contributed by atoms with E-state index in [2.05, 4.69) is 6.07 Å². The van der Waals surface area contributed by atoms with E-state index in [0.29, 0.717) is 0 Å². The summed E-state index contributed by atoms with van der Waals surface area (Å²) in [6.07, 6.45) is 0. The molecule has 2 N–H and O–H groups in total. The maximum absolute atomic E-state index is 5.01. The van der Waals surface area contributed by atoms with Gasteiger partial charge in [-0.25, -0.2) is 0 Å². The topological polar surface area (TPSA) is 40.7 Å². The molecule has 0 amide bonds. The number of rotatable bonds is 1. The SMILES string of the molecule is COc1ccc[c]([Sn])c1.O. The predicted octanol–water partition coefficient (Wildman–Crippen LogP) is -0.336. The van der Waals surface area contributed by atoms with Gasteiger partial charge in [0.15, 0.2) is 0 Å². The Bertz CT molecular complexity index is 201. The third-order valence-corrected chi connectivity index (χ3v) is 1.96. The van der Waals surface area contributed by atoms with E-state index < -0.39 is 0 Å². The van der Waals surface area contributed by atoms with Crippen molar-refractivity contribution in [2.45, 2.75) is 0 Å². The molecule has 0 bridgehead atoms. The molecule has 0 saturated heterocycles. The fraction of sp³-hybridized carbons (Fsp3) is 0.143. The number of ether oxygens (including phenoxy) is 1. The van der Waals surface area contributed by atoms with Crippen molar-refractivity contribution in [3.05, 3.63) is 24.3 Å². The molecule has 0 saturated carbocycles. The Kier molecular flexibility index (Phi) is 4.47. The van der Waals surface area contributed by atoms with Crippen molar-refractivity contribution in [1.82, 2.24) is 0 Å². The number of hydrogen-bond acceptors (Lipinski definition) is 1. The van der Waals surface area contributed by atoms with Crippen molar-refractivity contribution in [3.63, 3.8) is 0 Å². The zero-order valence-corrected chi connectivity index (χ0v) is 8.57. The Morgan fingerprint density at radius 3 is 2.50 bits per heavy atom. The van der Waals surface area contributed by atoms with Crippen LogP contribution in [-0.2, 0) is 0 Å². The molecule has 1 aromatic rings. The quantitative estimate of drug-likeness (QED) is 0.623. The largest absolute Gasteiger partial charge is 0.412 e. The average molecular weight is 244 g/mol. The van der Waals surface area contributed by atoms with Crippen molar-refractivity contribution < 1.29 is 10.2 Å². The zero-order valence-electron chi connectivity index (χ0n) is 5.72. The Balaban J connectivity index is 0.000000810.